The first-order chi connectivity index (χ1) is 9.61. The number of esters is 1. The standard InChI is InChI=1S/C17H24O3/c1-14(9-10-17(18)19-3)11-15(2)12-20-13-16-7-5-4-6-8-16/h4-10,14-15H,11-13H2,1-3H3/b10-9+/t14-,15+/m1/s1. The van der Waals surface area contributed by atoms with Gasteiger partial charge in [0, 0.05) is 12.7 Å². The van der Waals surface area contributed by atoms with E-state index in [4.69, 9.17) is 4.74 Å². The lowest BCUT2D eigenvalue weighted by atomic mass is 9.97. The number of carbonyl (C=O) groups is 1. The van der Waals surface area contributed by atoms with Crippen molar-refractivity contribution in [3.05, 3.63) is 48.0 Å². The Morgan fingerprint density at radius 1 is 1.25 bits per heavy atom. The summed E-state index contributed by atoms with van der Waals surface area (Å²) in [5.74, 6) is 0.491. The molecule has 1 aromatic rings. The topological polar surface area (TPSA) is 35.5 Å². The summed E-state index contributed by atoms with van der Waals surface area (Å²) in [4.78, 5) is 11.0. The summed E-state index contributed by atoms with van der Waals surface area (Å²) in [7, 11) is 1.39. The first-order valence-corrected chi connectivity index (χ1v) is 6.99. The second-order valence-electron chi connectivity index (χ2n) is 5.20. The summed E-state index contributed by atoms with van der Waals surface area (Å²) >= 11 is 0. The highest BCUT2D eigenvalue weighted by Crippen LogP contribution is 2.14. The molecule has 0 spiro atoms. The summed E-state index contributed by atoms with van der Waals surface area (Å²) in [6.07, 6.45) is 4.37. The van der Waals surface area contributed by atoms with Crippen molar-refractivity contribution in [2.45, 2.75) is 26.9 Å². The highest BCUT2D eigenvalue weighted by Gasteiger charge is 2.07. The molecule has 0 aromatic heterocycles. The first-order valence-electron chi connectivity index (χ1n) is 6.99. The molecule has 0 heterocycles. The maximum Gasteiger partial charge on any atom is 0.330 e. The van der Waals surface area contributed by atoms with Crippen LogP contribution in [0.25, 0.3) is 0 Å². The van der Waals surface area contributed by atoms with Crippen LogP contribution in [-0.2, 0) is 20.9 Å². The van der Waals surface area contributed by atoms with Crippen LogP contribution in [0.5, 0.6) is 0 Å². The fourth-order valence-corrected chi connectivity index (χ4v) is 2.04. The van der Waals surface area contributed by atoms with Gasteiger partial charge in [0.25, 0.3) is 0 Å². The van der Waals surface area contributed by atoms with Gasteiger partial charge in [-0.2, -0.15) is 0 Å². The number of hydrogen-bond acceptors (Lipinski definition) is 3. The van der Waals surface area contributed by atoms with Crippen LogP contribution in [-0.4, -0.2) is 19.7 Å². The Hall–Kier alpha value is -1.61. The predicted molar refractivity (Wildman–Crippen MR) is 80.2 cm³/mol. The van der Waals surface area contributed by atoms with Gasteiger partial charge in [-0.1, -0.05) is 50.3 Å². The van der Waals surface area contributed by atoms with E-state index in [0.717, 1.165) is 13.0 Å². The van der Waals surface area contributed by atoms with Crippen LogP contribution < -0.4 is 0 Å². The van der Waals surface area contributed by atoms with E-state index in [1.165, 1.54) is 18.7 Å². The molecule has 0 bridgehead atoms. The Labute approximate surface area is 121 Å². The van der Waals surface area contributed by atoms with E-state index in [0.29, 0.717) is 18.4 Å². The zero-order valence-corrected chi connectivity index (χ0v) is 12.5. The monoisotopic (exact) mass is 276 g/mol. The second-order valence-corrected chi connectivity index (χ2v) is 5.20. The van der Waals surface area contributed by atoms with Crippen molar-refractivity contribution in [3.63, 3.8) is 0 Å². The quantitative estimate of drug-likeness (QED) is 0.537. The normalized spacial score (nSPS) is 14.2. The van der Waals surface area contributed by atoms with Crippen molar-refractivity contribution < 1.29 is 14.3 Å². The average molecular weight is 276 g/mol. The van der Waals surface area contributed by atoms with Crippen molar-refractivity contribution in [3.8, 4) is 0 Å². The molecular formula is C17H24O3. The van der Waals surface area contributed by atoms with E-state index in [1.807, 2.05) is 24.3 Å². The van der Waals surface area contributed by atoms with Gasteiger partial charge >= 0.3 is 5.97 Å². The van der Waals surface area contributed by atoms with Crippen molar-refractivity contribution >= 4 is 5.97 Å². The predicted octanol–water partition coefficient (Wildman–Crippen LogP) is 3.59. The molecule has 0 aliphatic carbocycles. The van der Waals surface area contributed by atoms with Crippen molar-refractivity contribution in [2.75, 3.05) is 13.7 Å². The van der Waals surface area contributed by atoms with E-state index < -0.39 is 0 Å². The Bertz CT molecular complexity index is 412. The SMILES string of the molecule is COC(=O)/C=C/[C@@H](C)C[C@H](C)COCc1ccccc1. The molecule has 3 heteroatoms. The highest BCUT2D eigenvalue weighted by molar-refractivity contribution is 5.81. The second kappa shape index (κ2) is 9.32. The van der Waals surface area contributed by atoms with Crippen LogP contribution in [0, 0.1) is 11.8 Å². The summed E-state index contributed by atoms with van der Waals surface area (Å²) < 4.78 is 10.3. The van der Waals surface area contributed by atoms with Crippen LogP contribution in [0.4, 0.5) is 0 Å². The molecule has 0 fully saturated rings. The molecule has 3 nitrogen and oxygen atoms in total. The molecule has 0 aliphatic heterocycles. The average Bonchev–Trinajstić information content (AvgIpc) is 2.45. The molecule has 0 radical (unpaired) electrons. The first kappa shape index (κ1) is 16.4. The van der Waals surface area contributed by atoms with Crippen LogP contribution in [0.3, 0.4) is 0 Å². The Morgan fingerprint density at radius 3 is 2.60 bits per heavy atom. The van der Waals surface area contributed by atoms with Crippen molar-refractivity contribution in [1.82, 2.24) is 0 Å². The molecule has 1 aromatic carbocycles. The molecule has 0 aliphatic rings. The van der Waals surface area contributed by atoms with Gasteiger partial charge in [0.05, 0.1) is 13.7 Å². The summed E-state index contributed by atoms with van der Waals surface area (Å²) in [6.45, 7) is 5.63. The van der Waals surface area contributed by atoms with Gasteiger partial charge in [-0.25, -0.2) is 4.79 Å². The molecule has 0 saturated heterocycles. The molecule has 2 atom stereocenters. The van der Waals surface area contributed by atoms with Gasteiger partial charge in [0.15, 0.2) is 0 Å². The van der Waals surface area contributed by atoms with E-state index in [-0.39, 0.29) is 5.97 Å². The van der Waals surface area contributed by atoms with Gasteiger partial charge in [0.2, 0.25) is 0 Å². The van der Waals surface area contributed by atoms with Gasteiger partial charge in [-0.15, -0.1) is 0 Å². The highest BCUT2D eigenvalue weighted by atomic mass is 16.5. The van der Waals surface area contributed by atoms with E-state index in [2.05, 4.69) is 30.7 Å². The van der Waals surface area contributed by atoms with Crippen molar-refractivity contribution in [1.29, 1.82) is 0 Å². The number of benzene rings is 1. The fourth-order valence-electron chi connectivity index (χ4n) is 2.04. The summed E-state index contributed by atoms with van der Waals surface area (Å²) in [6, 6.07) is 10.2. The van der Waals surface area contributed by atoms with Crippen molar-refractivity contribution in [2.24, 2.45) is 11.8 Å². The van der Waals surface area contributed by atoms with Gasteiger partial charge in [0.1, 0.15) is 0 Å². The van der Waals surface area contributed by atoms with Crippen LogP contribution in [0.2, 0.25) is 0 Å². The van der Waals surface area contributed by atoms with Gasteiger partial charge < -0.3 is 9.47 Å². The Morgan fingerprint density at radius 2 is 1.95 bits per heavy atom. The lowest BCUT2D eigenvalue weighted by Crippen LogP contribution is -2.09. The maximum atomic E-state index is 11.0. The third kappa shape index (κ3) is 7.10. The molecule has 0 amide bonds. The maximum absolute atomic E-state index is 11.0. The largest absolute Gasteiger partial charge is 0.466 e. The molecule has 1 rings (SSSR count). The number of ether oxygens (including phenoxy) is 2. The van der Waals surface area contributed by atoms with E-state index in [1.54, 1.807) is 0 Å². The van der Waals surface area contributed by atoms with Gasteiger partial charge in [-0.05, 0) is 23.8 Å². The molecule has 110 valence electrons. The molecule has 0 unspecified atom stereocenters. The number of hydrogen-bond donors (Lipinski definition) is 0. The number of allylic oxidation sites excluding steroid dienone is 1. The molecular weight excluding hydrogens is 252 g/mol. The Balaban J connectivity index is 2.21. The minimum Gasteiger partial charge on any atom is -0.466 e. The zero-order valence-electron chi connectivity index (χ0n) is 12.5. The van der Waals surface area contributed by atoms with Gasteiger partial charge in [-0.3, -0.25) is 0 Å². The number of rotatable bonds is 8. The van der Waals surface area contributed by atoms with Crippen LogP contribution in [0.15, 0.2) is 42.5 Å². The summed E-state index contributed by atoms with van der Waals surface area (Å²) in [5, 5.41) is 0. The number of carbonyl (C=O) groups excluding carboxylic acids is 1. The molecule has 0 saturated carbocycles. The Kier molecular flexibility index (Phi) is 7.66. The van der Waals surface area contributed by atoms with Crippen LogP contribution >= 0.6 is 0 Å². The molecule has 0 N–H and O–H groups in total. The zero-order chi connectivity index (χ0) is 14.8. The lowest BCUT2D eigenvalue weighted by molar-refractivity contribution is -0.134. The van der Waals surface area contributed by atoms with Crippen LogP contribution in [0.1, 0.15) is 25.8 Å². The minimum atomic E-state index is -0.301. The molecule has 20 heavy (non-hydrogen) atoms. The fraction of sp³-hybridized carbons (Fsp3) is 0.471. The summed E-state index contributed by atoms with van der Waals surface area (Å²) in [5.41, 5.74) is 1.19. The smallest absolute Gasteiger partial charge is 0.330 e. The lowest BCUT2D eigenvalue weighted by Gasteiger charge is -2.15. The van der Waals surface area contributed by atoms with E-state index in [9.17, 15) is 4.79 Å². The third-order valence-electron chi connectivity index (χ3n) is 3.05. The minimum absolute atomic E-state index is 0.301. The number of methoxy groups -OCH3 is 1. The third-order valence-corrected chi connectivity index (χ3v) is 3.05. The van der Waals surface area contributed by atoms with E-state index >= 15 is 0 Å².